The number of aryl methyl sites for hydroxylation is 1. The highest BCUT2D eigenvalue weighted by atomic mass is 19.1. The zero-order valence-corrected chi connectivity index (χ0v) is 9.00. The van der Waals surface area contributed by atoms with Gasteiger partial charge >= 0.3 is 0 Å². The topological polar surface area (TPSA) is 14.2 Å². The quantitative estimate of drug-likeness (QED) is 0.763. The second-order valence-corrected chi connectivity index (χ2v) is 3.51. The highest BCUT2D eigenvalue weighted by molar-refractivity contribution is 5.43. The van der Waals surface area contributed by atoms with Crippen LogP contribution in [-0.4, -0.2) is 11.7 Å². The van der Waals surface area contributed by atoms with E-state index < -0.39 is 11.6 Å². The van der Waals surface area contributed by atoms with Gasteiger partial charge in [0.05, 0.1) is 19.0 Å². The van der Waals surface area contributed by atoms with Gasteiger partial charge in [-0.1, -0.05) is 0 Å². The Hall–Kier alpha value is -1.84. The molecule has 0 bridgehead atoms. The van der Waals surface area contributed by atoms with Crippen LogP contribution in [0.5, 0.6) is 5.75 Å². The normalized spacial score (nSPS) is 10.5. The van der Waals surface area contributed by atoms with Gasteiger partial charge in [-0.25, -0.2) is 8.78 Å². The van der Waals surface area contributed by atoms with E-state index >= 15 is 0 Å². The molecule has 4 heteroatoms. The van der Waals surface area contributed by atoms with Crippen molar-refractivity contribution in [3.8, 4) is 11.4 Å². The number of ether oxygens (including phenoxy) is 1. The van der Waals surface area contributed by atoms with E-state index in [0.717, 1.165) is 6.07 Å². The molecular formula is C12H11F2NO. The average Bonchev–Trinajstić information content (AvgIpc) is 2.64. The lowest BCUT2D eigenvalue weighted by Gasteiger charge is -2.08. The van der Waals surface area contributed by atoms with Gasteiger partial charge in [-0.15, -0.1) is 0 Å². The van der Waals surface area contributed by atoms with Crippen molar-refractivity contribution in [3.05, 3.63) is 47.8 Å². The van der Waals surface area contributed by atoms with Crippen molar-refractivity contribution in [2.75, 3.05) is 7.11 Å². The zero-order chi connectivity index (χ0) is 11.7. The predicted octanol–water partition coefficient (Wildman–Crippen LogP) is 3.07. The molecule has 84 valence electrons. The fraction of sp³-hybridized carbons (Fsp3) is 0.167. The minimum atomic E-state index is -0.587. The summed E-state index contributed by atoms with van der Waals surface area (Å²) in [4.78, 5) is 0. The Bertz CT molecular complexity index is 496. The Morgan fingerprint density at radius 2 is 2.00 bits per heavy atom. The Kier molecular flexibility index (Phi) is 2.64. The molecule has 2 aromatic rings. The third kappa shape index (κ3) is 1.78. The molecule has 0 N–H and O–H groups in total. The number of methoxy groups -OCH3 is 1. The molecule has 2 nitrogen and oxygen atoms in total. The third-order valence-corrected chi connectivity index (χ3v) is 2.38. The minimum absolute atomic E-state index is 0.338. The van der Waals surface area contributed by atoms with Gasteiger partial charge in [0.2, 0.25) is 0 Å². The molecule has 0 saturated heterocycles. The molecule has 0 aliphatic carbocycles. The Morgan fingerprint density at radius 1 is 1.25 bits per heavy atom. The fourth-order valence-electron chi connectivity index (χ4n) is 1.66. The minimum Gasteiger partial charge on any atom is -0.495 e. The first kappa shape index (κ1) is 10.7. The van der Waals surface area contributed by atoms with Gasteiger partial charge in [0, 0.05) is 12.3 Å². The van der Waals surface area contributed by atoms with Gasteiger partial charge in [0.15, 0.2) is 0 Å². The van der Waals surface area contributed by atoms with E-state index in [9.17, 15) is 8.78 Å². The van der Waals surface area contributed by atoms with Crippen molar-refractivity contribution in [1.29, 1.82) is 0 Å². The van der Waals surface area contributed by atoms with Crippen LogP contribution in [0.1, 0.15) is 5.56 Å². The van der Waals surface area contributed by atoms with Crippen LogP contribution in [0.25, 0.3) is 5.69 Å². The Balaban J connectivity index is 2.55. The first-order valence-corrected chi connectivity index (χ1v) is 4.80. The molecule has 0 spiro atoms. The van der Waals surface area contributed by atoms with Crippen LogP contribution in [0.3, 0.4) is 0 Å². The Morgan fingerprint density at radius 3 is 2.56 bits per heavy atom. The molecule has 1 aromatic carbocycles. The van der Waals surface area contributed by atoms with E-state index in [1.54, 1.807) is 30.0 Å². The Labute approximate surface area is 92.1 Å². The zero-order valence-electron chi connectivity index (χ0n) is 9.00. The summed E-state index contributed by atoms with van der Waals surface area (Å²) in [6.07, 6.45) is 3.31. The van der Waals surface area contributed by atoms with Crippen molar-refractivity contribution in [2.45, 2.75) is 6.92 Å². The average molecular weight is 223 g/mol. The number of benzene rings is 1. The lowest BCUT2D eigenvalue weighted by atomic mass is 10.2. The van der Waals surface area contributed by atoms with Crippen LogP contribution in [-0.2, 0) is 0 Å². The maximum absolute atomic E-state index is 13.6. The van der Waals surface area contributed by atoms with Crippen LogP contribution in [0.15, 0.2) is 30.6 Å². The summed E-state index contributed by atoms with van der Waals surface area (Å²) in [6.45, 7) is 1.66. The number of rotatable bonds is 2. The van der Waals surface area contributed by atoms with Crippen LogP contribution in [0.4, 0.5) is 8.78 Å². The molecule has 0 aliphatic rings. The molecule has 1 aromatic heterocycles. The molecule has 0 atom stereocenters. The molecule has 1 heterocycles. The van der Waals surface area contributed by atoms with Gasteiger partial charge < -0.3 is 9.30 Å². The first-order chi connectivity index (χ1) is 7.61. The summed E-state index contributed by atoms with van der Waals surface area (Å²) in [5.74, 6) is -0.531. The fourth-order valence-corrected chi connectivity index (χ4v) is 1.66. The summed E-state index contributed by atoms with van der Waals surface area (Å²) in [5, 5.41) is 0. The summed E-state index contributed by atoms with van der Waals surface area (Å²) in [5.41, 5.74) is 0.875. The maximum Gasteiger partial charge on any atom is 0.150 e. The number of halogens is 2. The second-order valence-electron chi connectivity index (χ2n) is 3.51. The predicted molar refractivity (Wildman–Crippen MR) is 57.0 cm³/mol. The van der Waals surface area contributed by atoms with Crippen LogP contribution in [0, 0.1) is 18.6 Å². The molecule has 0 amide bonds. The number of hydrogen-bond acceptors (Lipinski definition) is 1. The molecule has 0 radical (unpaired) electrons. The first-order valence-electron chi connectivity index (χ1n) is 4.80. The van der Waals surface area contributed by atoms with Gasteiger partial charge in [-0.2, -0.15) is 0 Å². The molecule has 0 fully saturated rings. The van der Waals surface area contributed by atoms with Crippen molar-refractivity contribution in [2.24, 2.45) is 0 Å². The number of nitrogens with zero attached hydrogens (tertiary/aromatic N) is 1. The molecular weight excluding hydrogens is 212 g/mol. The summed E-state index contributed by atoms with van der Waals surface area (Å²) in [7, 11) is 1.54. The van der Waals surface area contributed by atoms with Gasteiger partial charge in [-0.3, -0.25) is 0 Å². The lowest BCUT2D eigenvalue weighted by Crippen LogP contribution is -1.99. The van der Waals surface area contributed by atoms with E-state index in [0.29, 0.717) is 17.0 Å². The number of aromatic nitrogens is 1. The third-order valence-electron chi connectivity index (χ3n) is 2.38. The van der Waals surface area contributed by atoms with Gasteiger partial charge in [0.25, 0.3) is 0 Å². The SMILES string of the molecule is COc1ccn(-c2c(C)cc(F)cc2F)c1. The van der Waals surface area contributed by atoms with E-state index in [4.69, 9.17) is 4.74 Å². The van der Waals surface area contributed by atoms with Crippen LogP contribution in [0.2, 0.25) is 0 Å². The molecule has 0 saturated carbocycles. The molecule has 0 aliphatic heterocycles. The van der Waals surface area contributed by atoms with Crippen molar-refractivity contribution >= 4 is 0 Å². The summed E-state index contributed by atoms with van der Waals surface area (Å²) in [6, 6.07) is 3.88. The summed E-state index contributed by atoms with van der Waals surface area (Å²) < 4.78 is 33.1. The van der Waals surface area contributed by atoms with Crippen molar-refractivity contribution in [3.63, 3.8) is 0 Å². The number of hydrogen-bond donors (Lipinski definition) is 0. The monoisotopic (exact) mass is 223 g/mol. The van der Waals surface area contributed by atoms with E-state index in [1.807, 2.05) is 0 Å². The van der Waals surface area contributed by atoms with Crippen molar-refractivity contribution in [1.82, 2.24) is 4.57 Å². The summed E-state index contributed by atoms with van der Waals surface area (Å²) >= 11 is 0. The van der Waals surface area contributed by atoms with Crippen LogP contribution < -0.4 is 4.74 Å². The lowest BCUT2D eigenvalue weighted by molar-refractivity contribution is 0.415. The smallest absolute Gasteiger partial charge is 0.150 e. The van der Waals surface area contributed by atoms with Gasteiger partial charge in [-0.05, 0) is 24.6 Å². The largest absolute Gasteiger partial charge is 0.495 e. The van der Waals surface area contributed by atoms with E-state index in [2.05, 4.69) is 0 Å². The standard InChI is InChI=1S/C12H11F2NO/c1-8-5-9(13)6-11(14)12(8)15-4-3-10(7-15)16-2/h3-7H,1-2H3. The molecule has 2 rings (SSSR count). The van der Waals surface area contributed by atoms with Crippen LogP contribution >= 0.6 is 0 Å². The van der Waals surface area contributed by atoms with Gasteiger partial charge in [0.1, 0.15) is 17.4 Å². The van der Waals surface area contributed by atoms with E-state index in [1.165, 1.54) is 13.2 Å². The maximum atomic E-state index is 13.6. The highest BCUT2D eigenvalue weighted by Gasteiger charge is 2.10. The molecule has 0 unspecified atom stereocenters. The highest BCUT2D eigenvalue weighted by Crippen LogP contribution is 2.22. The second kappa shape index (κ2) is 3.96. The van der Waals surface area contributed by atoms with Crippen molar-refractivity contribution < 1.29 is 13.5 Å². The van der Waals surface area contributed by atoms with E-state index in [-0.39, 0.29) is 0 Å². The molecule has 16 heavy (non-hydrogen) atoms.